The summed E-state index contributed by atoms with van der Waals surface area (Å²) in [6.07, 6.45) is 0.576. The lowest BCUT2D eigenvalue weighted by atomic mass is 10.2. The van der Waals surface area contributed by atoms with Gasteiger partial charge in [0.2, 0.25) is 0 Å². The summed E-state index contributed by atoms with van der Waals surface area (Å²) in [5.41, 5.74) is 1.32. The minimum Gasteiger partial charge on any atom is -0.392 e. The molecule has 0 radical (unpaired) electrons. The highest BCUT2D eigenvalue weighted by atomic mass is 16.5. The summed E-state index contributed by atoms with van der Waals surface area (Å²) in [5, 5.41) is 10.1. The van der Waals surface area contributed by atoms with E-state index in [1.165, 1.54) is 5.56 Å². The van der Waals surface area contributed by atoms with Gasteiger partial charge in [0.1, 0.15) is 0 Å². The van der Waals surface area contributed by atoms with Gasteiger partial charge >= 0.3 is 0 Å². The van der Waals surface area contributed by atoms with Gasteiger partial charge in [0.05, 0.1) is 19.3 Å². The lowest BCUT2D eigenvalue weighted by molar-refractivity contribution is 0.0116. The van der Waals surface area contributed by atoms with Gasteiger partial charge in [0, 0.05) is 32.7 Å². The molecule has 1 aromatic carbocycles. The second-order valence-corrected chi connectivity index (χ2v) is 5.58. The summed E-state index contributed by atoms with van der Waals surface area (Å²) in [4.78, 5) is 4.54. The van der Waals surface area contributed by atoms with Crippen LogP contribution in [-0.4, -0.2) is 67.5 Å². The van der Waals surface area contributed by atoms with Gasteiger partial charge in [-0.25, -0.2) is 0 Å². The van der Waals surface area contributed by atoms with Crippen molar-refractivity contribution in [1.82, 2.24) is 9.80 Å². The number of morpholine rings is 1. The molecule has 1 unspecified atom stereocenters. The third-order valence-electron chi connectivity index (χ3n) is 3.71. The van der Waals surface area contributed by atoms with E-state index in [-0.39, 0.29) is 6.10 Å². The van der Waals surface area contributed by atoms with Crippen molar-refractivity contribution in [1.29, 1.82) is 0 Å². The van der Waals surface area contributed by atoms with Crippen LogP contribution in [0.3, 0.4) is 0 Å². The zero-order valence-electron chi connectivity index (χ0n) is 12.4. The fraction of sp³-hybridized carbons (Fsp3) is 0.625. The maximum Gasteiger partial charge on any atom is 0.0679 e. The standard InChI is InChI=1S/C16H26N2O2/c1-17(13-15-5-3-2-4-6-15)8-7-16(19)14-18-9-11-20-12-10-18/h2-6,16,19H,7-14H2,1H3. The van der Waals surface area contributed by atoms with E-state index in [0.717, 1.165) is 52.4 Å². The Bertz CT molecular complexity index is 366. The van der Waals surface area contributed by atoms with E-state index in [1.54, 1.807) is 0 Å². The topological polar surface area (TPSA) is 35.9 Å². The van der Waals surface area contributed by atoms with Crippen molar-refractivity contribution in [2.45, 2.75) is 19.1 Å². The number of hydrogen-bond donors (Lipinski definition) is 1. The van der Waals surface area contributed by atoms with Crippen molar-refractivity contribution in [3.63, 3.8) is 0 Å². The second kappa shape index (κ2) is 8.37. The molecule has 0 aliphatic carbocycles. The Kier molecular flexibility index (Phi) is 6.47. The molecule has 1 fully saturated rings. The van der Waals surface area contributed by atoms with E-state index < -0.39 is 0 Å². The minimum absolute atomic E-state index is 0.244. The van der Waals surface area contributed by atoms with Gasteiger partial charge in [-0.2, -0.15) is 0 Å². The summed E-state index contributed by atoms with van der Waals surface area (Å²) < 4.78 is 5.31. The minimum atomic E-state index is -0.244. The summed E-state index contributed by atoms with van der Waals surface area (Å²) in [7, 11) is 2.11. The van der Waals surface area contributed by atoms with Crippen LogP contribution in [0.2, 0.25) is 0 Å². The number of aliphatic hydroxyl groups excluding tert-OH is 1. The Morgan fingerprint density at radius 2 is 1.95 bits per heavy atom. The molecule has 0 spiro atoms. The van der Waals surface area contributed by atoms with E-state index in [1.807, 2.05) is 6.07 Å². The molecule has 1 heterocycles. The number of nitrogens with zero attached hydrogens (tertiary/aromatic N) is 2. The first-order chi connectivity index (χ1) is 9.74. The lowest BCUT2D eigenvalue weighted by Crippen LogP contribution is -2.41. The van der Waals surface area contributed by atoms with Crippen LogP contribution in [0.25, 0.3) is 0 Å². The Morgan fingerprint density at radius 1 is 1.25 bits per heavy atom. The molecule has 0 amide bonds. The fourth-order valence-electron chi connectivity index (χ4n) is 2.52. The number of aliphatic hydroxyl groups is 1. The summed E-state index contributed by atoms with van der Waals surface area (Å²) in [6, 6.07) is 10.4. The van der Waals surface area contributed by atoms with Gasteiger partial charge in [0.25, 0.3) is 0 Å². The highest BCUT2D eigenvalue weighted by molar-refractivity contribution is 5.14. The molecule has 20 heavy (non-hydrogen) atoms. The van der Waals surface area contributed by atoms with E-state index in [2.05, 4.69) is 41.1 Å². The van der Waals surface area contributed by atoms with Crippen LogP contribution in [-0.2, 0) is 11.3 Å². The Balaban J connectivity index is 1.63. The molecule has 0 bridgehead atoms. The molecule has 1 aliphatic heterocycles. The predicted molar refractivity (Wildman–Crippen MR) is 80.7 cm³/mol. The van der Waals surface area contributed by atoms with Crippen molar-refractivity contribution >= 4 is 0 Å². The Labute approximate surface area is 122 Å². The van der Waals surface area contributed by atoms with Crippen molar-refractivity contribution in [2.75, 3.05) is 46.4 Å². The second-order valence-electron chi connectivity index (χ2n) is 5.58. The normalized spacial score (nSPS) is 18.4. The van der Waals surface area contributed by atoms with E-state index in [4.69, 9.17) is 4.74 Å². The van der Waals surface area contributed by atoms with Crippen LogP contribution in [0.15, 0.2) is 30.3 Å². The monoisotopic (exact) mass is 278 g/mol. The molecule has 112 valence electrons. The first kappa shape index (κ1) is 15.4. The molecular formula is C16H26N2O2. The number of benzene rings is 1. The average Bonchev–Trinajstić information content (AvgIpc) is 2.47. The largest absolute Gasteiger partial charge is 0.392 e. The van der Waals surface area contributed by atoms with Crippen LogP contribution in [0.4, 0.5) is 0 Å². The molecule has 4 heteroatoms. The zero-order valence-corrected chi connectivity index (χ0v) is 12.4. The first-order valence-corrected chi connectivity index (χ1v) is 7.44. The van der Waals surface area contributed by atoms with Crippen LogP contribution >= 0.6 is 0 Å². The van der Waals surface area contributed by atoms with Crippen LogP contribution in [0, 0.1) is 0 Å². The number of rotatable bonds is 7. The molecular weight excluding hydrogens is 252 g/mol. The van der Waals surface area contributed by atoms with Crippen LogP contribution in [0.1, 0.15) is 12.0 Å². The molecule has 1 aromatic rings. The van der Waals surface area contributed by atoms with Crippen molar-refractivity contribution in [2.24, 2.45) is 0 Å². The summed E-state index contributed by atoms with van der Waals surface area (Å²) >= 11 is 0. The van der Waals surface area contributed by atoms with Crippen molar-refractivity contribution in [3.8, 4) is 0 Å². The molecule has 2 rings (SSSR count). The van der Waals surface area contributed by atoms with E-state index >= 15 is 0 Å². The quantitative estimate of drug-likeness (QED) is 0.813. The van der Waals surface area contributed by atoms with Crippen LogP contribution < -0.4 is 0 Å². The fourth-order valence-corrected chi connectivity index (χ4v) is 2.52. The maximum atomic E-state index is 10.1. The molecule has 0 aromatic heterocycles. The van der Waals surface area contributed by atoms with Gasteiger partial charge in [-0.15, -0.1) is 0 Å². The molecule has 4 nitrogen and oxygen atoms in total. The molecule has 1 aliphatic rings. The van der Waals surface area contributed by atoms with Gasteiger partial charge in [-0.05, 0) is 19.0 Å². The van der Waals surface area contributed by atoms with E-state index in [9.17, 15) is 5.11 Å². The maximum absolute atomic E-state index is 10.1. The van der Waals surface area contributed by atoms with E-state index in [0.29, 0.717) is 0 Å². The molecule has 0 saturated carbocycles. The van der Waals surface area contributed by atoms with Gasteiger partial charge in [0.15, 0.2) is 0 Å². The van der Waals surface area contributed by atoms with Gasteiger partial charge in [-0.1, -0.05) is 30.3 Å². The summed E-state index contributed by atoms with van der Waals surface area (Å²) in [6.45, 7) is 6.09. The van der Waals surface area contributed by atoms with Gasteiger partial charge < -0.3 is 14.7 Å². The van der Waals surface area contributed by atoms with Gasteiger partial charge in [-0.3, -0.25) is 4.90 Å². The first-order valence-electron chi connectivity index (χ1n) is 7.44. The molecule has 1 N–H and O–H groups in total. The lowest BCUT2D eigenvalue weighted by Gasteiger charge is -2.29. The third kappa shape index (κ3) is 5.59. The predicted octanol–water partition coefficient (Wildman–Crippen LogP) is 1.20. The average molecular weight is 278 g/mol. The molecule has 1 saturated heterocycles. The Morgan fingerprint density at radius 3 is 2.65 bits per heavy atom. The summed E-state index contributed by atoms with van der Waals surface area (Å²) in [5.74, 6) is 0. The third-order valence-corrected chi connectivity index (χ3v) is 3.71. The van der Waals surface area contributed by atoms with Crippen LogP contribution in [0.5, 0.6) is 0 Å². The zero-order chi connectivity index (χ0) is 14.2. The SMILES string of the molecule is CN(CCC(O)CN1CCOCC1)Cc1ccccc1. The van der Waals surface area contributed by atoms with Crippen molar-refractivity contribution < 1.29 is 9.84 Å². The number of hydrogen-bond acceptors (Lipinski definition) is 4. The smallest absolute Gasteiger partial charge is 0.0679 e. The number of ether oxygens (including phenoxy) is 1. The molecule has 1 atom stereocenters. The number of β-amino-alcohol motifs (C(OH)–C–C–N with tert-alkyl or cyclic N) is 1. The highest BCUT2D eigenvalue weighted by Gasteiger charge is 2.15. The Hall–Kier alpha value is -0.940. The van der Waals surface area contributed by atoms with Crippen molar-refractivity contribution in [3.05, 3.63) is 35.9 Å². The highest BCUT2D eigenvalue weighted by Crippen LogP contribution is 2.05.